The smallest absolute Gasteiger partial charge is 0.0630 e. The molecule has 1 atom stereocenters. The van der Waals surface area contributed by atoms with E-state index in [2.05, 4.69) is 11.4 Å². The SMILES string of the molecule is [C]C1CSc2sccc2C1. The Morgan fingerprint density at radius 2 is 2.50 bits per heavy atom. The fourth-order valence-corrected chi connectivity index (χ4v) is 3.21. The van der Waals surface area contributed by atoms with E-state index in [0.29, 0.717) is 0 Å². The standard InChI is InChI=1S/C8H7S2/c1-6-4-7-2-3-9-8(7)10-5-6/h2-3,6H,4-5H2. The second-order valence-corrected chi connectivity index (χ2v) is 4.65. The summed E-state index contributed by atoms with van der Waals surface area (Å²) in [5.74, 6) is 1.11. The first-order chi connectivity index (χ1) is 4.86. The van der Waals surface area contributed by atoms with Gasteiger partial charge in [0, 0.05) is 5.75 Å². The lowest BCUT2D eigenvalue weighted by Gasteiger charge is -2.15. The predicted octanol–water partition coefficient (Wildman–Crippen LogP) is 2.60. The molecule has 1 aromatic rings. The molecule has 0 saturated heterocycles. The van der Waals surface area contributed by atoms with Gasteiger partial charge in [0.1, 0.15) is 0 Å². The van der Waals surface area contributed by atoms with Gasteiger partial charge in [-0.3, -0.25) is 0 Å². The molecule has 1 aliphatic rings. The fourth-order valence-electron chi connectivity index (χ4n) is 1.10. The Balaban J connectivity index is 2.30. The zero-order valence-electron chi connectivity index (χ0n) is 5.46. The maximum atomic E-state index is 7.53. The number of thiophene rings is 1. The van der Waals surface area contributed by atoms with Gasteiger partial charge < -0.3 is 0 Å². The summed E-state index contributed by atoms with van der Waals surface area (Å²) in [7, 11) is 0. The summed E-state index contributed by atoms with van der Waals surface area (Å²) < 4.78 is 1.43. The van der Waals surface area contributed by atoms with Crippen molar-refractivity contribution in [2.45, 2.75) is 10.6 Å². The normalized spacial score (nSPS) is 24.3. The lowest BCUT2D eigenvalue weighted by Crippen LogP contribution is -2.07. The Bertz CT molecular complexity index is 227. The lowest BCUT2D eigenvalue weighted by atomic mass is 10.1. The summed E-state index contributed by atoms with van der Waals surface area (Å²) in [6.07, 6.45) is 0.964. The number of rotatable bonds is 0. The lowest BCUT2D eigenvalue weighted by molar-refractivity contribution is 0.714. The average Bonchev–Trinajstić information content (AvgIpc) is 2.33. The predicted molar refractivity (Wildman–Crippen MR) is 45.5 cm³/mol. The van der Waals surface area contributed by atoms with E-state index < -0.39 is 0 Å². The second-order valence-electron chi connectivity index (χ2n) is 2.45. The fraction of sp³-hybridized carbons (Fsp3) is 0.375. The highest BCUT2D eigenvalue weighted by Crippen LogP contribution is 2.36. The highest BCUT2D eigenvalue weighted by molar-refractivity contribution is 8.01. The largest absolute Gasteiger partial charge is 0.137 e. The maximum absolute atomic E-state index is 7.53. The van der Waals surface area contributed by atoms with Crippen LogP contribution in [0.15, 0.2) is 15.7 Å². The Labute approximate surface area is 69.6 Å². The molecule has 2 heterocycles. The molecule has 1 unspecified atom stereocenters. The van der Waals surface area contributed by atoms with Gasteiger partial charge in [0.25, 0.3) is 0 Å². The molecule has 1 aliphatic heterocycles. The molecule has 0 N–H and O–H groups in total. The van der Waals surface area contributed by atoms with Crippen LogP contribution in [0.1, 0.15) is 5.56 Å². The molecule has 3 radical (unpaired) electrons. The molecule has 0 spiro atoms. The van der Waals surface area contributed by atoms with Crippen LogP contribution >= 0.6 is 23.1 Å². The zero-order chi connectivity index (χ0) is 6.97. The third kappa shape index (κ3) is 1.10. The van der Waals surface area contributed by atoms with Crippen molar-refractivity contribution < 1.29 is 0 Å². The van der Waals surface area contributed by atoms with Crippen LogP contribution in [-0.4, -0.2) is 5.75 Å². The third-order valence-electron chi connectivity index (χ3n) is 1.59. The van der Waals surface area contributed by atoms with E-state index in [1.165, 1.54) is 9.77 Å². The molecule has 2 heteroatoms. The van der Waals surface area contributed by atoms with Crippen molar-refractivity contribution in [3.05, 3.63) is 23.9 Å². The Hall–Kier alpha value is 0.0500. The van der Waals surface area contributed by atoms with Crippen LogP contribution in [0.3, 0.4) is 0 Å². The molecule has 0 amide bonds. The van der Waals surface area contributed by atoms with Gasteiger partial charge in [-0.2, -0.15) is 0 Å². The van der Waals surface area contributed by atoms with Crippen LogP contribution in [0.2, 0.25) is 0 Å². The molecule has 1 aromatic heterocycles. The monoisotopic (exact) mass is 167 g/mol. The van der Waals surface area contributed by atoms with Crippen molar-refractivity contribution in [3.63, 3.8) is 0 Å². The Kier molecular flexibility index (Phi) is 1.75. The first-order valence-electron chi connectivity index (χ1n) is 3.26. The number of hydrogen-bond donors (Lipinski definition) is 0. The molecule has 51 valence electrons. The molecule has 2 rings (SSSR count). The van der Waals surface area contributed by atoms with Crippen LogP contribution in [0.25, 0.3) is 0 Å². The molecular weight excluding hydrogens is 160 g/mol. The molecule has 0 aliphatic carbocycles. The minimum absolute atomic E-state index is 0.132. The van der Waals surface area contributed by atoms with Gasteiger partial charge >= 0.3 is 0 Å². The molecule has 0 aromatic carbocycles. The van der Waals surface area contributed by atoms with Crippen molar-refractivity contribution in [2.24, 2.45) is 5.92 Å². The van der Waals surface area contributed by atoms with Crippen LogP contribution in [0, 0.1) is 12.8 Å². The molecule has 0 saturated carbocycles. The van der Waals surface area contributed by atoms with E-state index in [4.69, 9.17) is 6.92 Å². The molecular formula is C8H7S2. The summed E-state index contributed by atoms with van der Waals surface area (Å²) in [6.45, 7) is 7.53. The van der Waals surface area contributed by atoms with Crippen molar-refractivity contribution in [1.82, 2.24) is 0 Å². The van der Waals surface area contributed by atoms with Crippen LogP contribution < -0.4 is 0 Å². The van der Waals surface area contributed by atoms with E-state index in [-0.39, 0.29) is 5.92 Å². The van der Waals surface area contributed by atoms with Crippen LogP contribution in [-0.2, 0) is 6.42 Å². The molecule has 0 bridgehead atoms. The number of hydrogen-bond acceptors (Lipinski definition) is 2. The molecule has 10 heavy (non-hydrogen) atoms. The highest BCUT2D eigenvalue weighted by Gasteiger charge is 2.16. The highest BCUT2D eigenvalue weighted by atomic mass is 32.2. The van der Waals surface area contributed by atoms with Crippen LogP contribution in [0.5, 0.6) is 0 Å². The Morgan fingerprint density at radius 3 is 3.40 bits per heavy atom. The van der Waals surface area contributed by atoms with E-state index in [1.54, 1.807) is 0 Å². The first-order valence-corrected chi connectivity index (χ1v) is 5.13. The minimum atomic E-state index is 0.132. The van der Waals surface area contributed by atoms with Gasteiger partial charge in [-0.15, -0.1) is 23.1 Å². The third-order valence-corrected chi connectivity index (χ3v) is 4.07. The Morgan fingerprint density at radius 1 is 1.60 bits per heavy atom. The summed E-state index contributed by atoms with van der Waals surface area (Å²) in [6, 6.07) is 2.15. The number of fused-ring (bicyclic) bond motifs is 1. The van der Waals surface area contributed by atoms with Gasteiger partial charge in [-0.1, -0.05) is 0 Å². The van der Waals surface area contributed by atoms with Crippen molar-refractivity contribution in [1.29, 1.82) is 0 Å². The topological polar surface area (TPSA) is 0 Å². The maximum Gasteiger partial charge on any atom is 0.0630 e. The number of thioether (sulfide) groups is 1. The minimum Gasteiger partial charge on any atom is -0.137 e. The molecule has 0 nitrogen and oxygen atoms in total. The van der Waals surface area contributed by atoms with Gasteiger partial charge in [0.05, 0.1) is 4.21 Å². The van der Waals surface area contributed by atoms with Gasteiger partial charge in [0.2, 0.25) is 0 Å². The van der Waals surface area contributed by atoms with Crippen LogP contribution in [0.4, 0.5) is 0 Å². The van der Waals surface area contributed by atoms with E-state index >= 15 is 0 Å². The second kappa shape index (κ2) is 2.59. The summed E-state index contributed by atoms with van der Waals surface area (Å²) in [5, 5.41) is 2.12. The average molecular weight is 167 g/mol. The summed E-state index contributed by atoms with van der Waals surface area (Å²) in [4.78, 5) is 0. The van der Waals surface area contributed by atoms with Gasteiger partial charge in [-0.05, 0) is 36.3 Å². The molecule has 0 fully saturated rings. The summed E-state index contributed by atoms with van der Waals surface area (Å²) >= 11 is 3.64. The van der Waals surface area contributed by atoms with E-state index in [0.717, 1.165) is 12.2 Å². The zero-order valence-corrected chi connectivity index (χ0v) is 7.10. The first kappa shape index (κ1) is 6.74. The van der Waals surface area contributed by atoms with Crippen molar-refractivity contribution in [3.8, 4) is 0 Å². The van der Waals surface area contributed by atoms with Gasteiger partial charge in [-0.25, -0.2) is 0 Å². The summed E-state index contributed by atoms with van der Waals surface area (Å²) in [5.41, 5.74) is 1.39. The van der Waals surface area contributed by atoms with E-state index in [9.17, 15) is 0 Å². The van der Waals surface area contributed by atoms with E-state index in [1.807, 2.05) is 23.1 Å². The van der Waals surface area contributed by atoms with Gasteiger partial charge in [0.15, 0.2) is 0 Å². The van der Waals surface area contributed by atoms with Crippen molar-refractivity contribution >= 4 is 23.1 Å². The quantitative estimate of drug-likeness (QED) is 0.572. The van der Waals surface area contributed by atoms with Crippen molar-refractivity contribution in [2.75, 3.05) is 5.75 Å².